The summed E-state index contributed by atoms with van der Waals surface area (Å²) >= 11 is 0. The molecular formula is C21H21F6O2P. The van der Waals surface area contributed by atoms with Crippen LogP contribution in [0.1, 0.15) is 54.1 Å². The standard InChI is InChI=1S/C21H21F6O2P/c1-2-3-4-8-14-30(29,15-10-6-5-7-11-15)19(28)18-16(20(22,23)24)12-9-13-17(18)21(25,26)27/h5-7,9-13H,2-4,8,14H2,1H3. The van der Waals surface area contributed by atoms with E-state index in [1.165, 1.54) is 24.3 Å². The summed E-state index contributed by atoms with van der Waals surface area (Å²) in [6.45, 7) is 1.91. The first-order valence-corrected chi connectivity index (χ1v) is 11.3. The number of unbranched alkanes of at least 4 members (excludes halogenated alkanes) is 3. The van der Waals surface area contributed by atoms with Crippen molar-refractivity contribution in [1.82, 2.24) is 0 Å². The molecule has 30 heavy (non-hydrogen) atoms. The zero-order chi connectivity index (χ0) is 22.6. The number of carbonyl (C=O) groups is 1. The summed E-state index contributed by atoms with van der Waals surface area (Å²) in [5.74, 6) is 0. The van der Waals surface area contributed by atoms with Gasteiger partial charge in [0, 0.05) is 11.5 Å². The van der Waals surface area contributed by atoms with Crippen molar-refractivity contribution in [1.29, 1.82) is 0 Å². The lowest BCUT2D eigenvalue weighted by Crippen LogP contribution is -2.24. The van der Waals surface area contributed by atoms with Crippen LogP contribution in [0.25, 0.3) is 0 Å². The SMILES string of the molecule is CCCCCCP(=O)(C(=O)c1c(C(F)(F)F)cccc1C(F)(F)F)c1ccccc1. The molecule has 2 nitrogen and oxygen atoms in total. The van der Waals surface area contributed by atoms with E-state index in [2.05, 4.69) is 0 Å². The fourth-order valence-electron chi connectivity index (χ4n) is 3.21. The van der Waals surface area contributed by atoms with E-state index in [1.807, 2.05) is 6.92 Å². The van der Waals surface area contributed by atoms with E-state index in [0.717, 1.165) is 12.8 Å². The van der Waals surface area contributed by atoms with Gasteiger partial charge in [-0.3, -0.25) is 4.79 Å². The molecule has 164 valence electrons. The minimum absolute atomic E-state index is 0.0448. The molecule has 0 aliphatic rings. The fourth-order valence-corrected chi connectivity index (χ4v) is 5.83. The molecule has 0 aromatic heterocycles. The first-order chi connectivity index (χ1) is 13.9. The summed E-state index contributed by atoms with van der Waals surface area (Å²) in [6.07, 6.45) is -8.34. The van der Waals surface area contributed by atoms with Gasteiger partial charge in [-0.15, -0.1) is 0 Å². The summed E-state index contributed by atoms with van der Waals surface area (Å²) in [4.78, 5) is 13.2. The Morgan fingerprint density at radius 3 is 1.80 bits per heavy atom. The molecule has 9 heteroatoms. The number of benzene rings is 2. The zero-order valence-electron chi connectivity index (χ0n) is 16.2. The molecule has 0 aliphatic carbocycles. The Kier molecular flexibility index (Phi) is 7.56. The minimum Gasteiger partial charge on any atom is -0.310 e. The second-order valence-electron chi connectivity index (χ2n) is 6.89. The molecule has 2 aromatic rings. The van der Waals surface area contributed by atoms with Crippen molar-refractivity contribution < 1.29 is 35.7 Å². The average molecular weight is 450 g/mol. The van der Waals surface area contributed by atoms with Gasteiger partial charge >= 0.3 is 12.4 Å². The Hall–Kier alpha value is -2.08. The molecule has 0 amide bonds. The third kappa shape index (κ3) is 5.34. The van der Waals surface area contributed by atoms with Crippen molar-refractivity contribution in [2.24, 2.45) is 0 Å². The monoisotopic (exact) mass is 450 g/mol. The molecule has 0 saturated carbocycles. The molecule has 0 N–H and O–H groups in total. The topological polar surface area (TPSA) is 34.1 Å². The van der Waals surface area contributed by atoms with Crippen LogP contribution < -0.4 is 5.30 Å². The van der Waals surface area contributed by atoms with Crippen molar-refractivity contribution >= 4 is 18.0 Å². The van der Waals surface area contributed by atoms with Gasteiger partial charge in [0.25, 0.3) is 0 Å². The van der Waals surface area contributed by atoms with Crippen molar-refractivity contribution in [3.05, 3.63) is 65.2 Å². The maximum absolute atomic E-state index is 13.8. The summed E-state index contributed by atoms with van der Waals surface area (Å²) in [5, 5.41) is -0.0448. The maximum atomic E-state index is 13.8. The van der Waals surface area contributed by atoms with Gasteiger partial charge in [-0.25, -0.2) is 0 Å². The number of carbonyl (C=O) groups excluding carboxylic acids is 1. The normalized spacial score (nSPS) is 14.4. The van der Waals surface area contributed by atoms with Crippen LogP contribution in [-0.2, 0) is 16.9 Å². The zero-order valence-corrected chi connectivity index (χ0v) is 17.1. The summed E-state index contributed by atoms with van der Waals surface area (Å²) in [5.41, 5.74) is -6.63. The molecule has 2 aromatic carbocycles. The smallest absolute Gasteiger partial charge is 0.310 e. The highest BCUT2D eigenvalue weighted by atomic mass is 31.2. The second kappa shape index (κ2) is 9.38. The average Bonchev–Trinajstić information content (AvgIpc) is 2.69. The van der Waals surface area contributed by atoms with Crippen LogP contribution in [0.2, 0.25) is 0 Å². The van der Waals surface area contributed by atoms with Crippen LogP contribution in [0.5, 0.6) is 0 Å². The van der Waals surface area contributed by atoms with Gasteiger partial charge in [0.1, 0.15) is 0 Å². The van der Waals surface area contributed by atoms with Crippen LogP contribution in [0.15, 0.2) is 48.5 Å². The minimum atomic E-state index is -5.21. The van der Waals surface area contributed by atoms with Gasteiger partial charge < -0.3 is 4.57 Å². The van der Waals surface area contributed by atoms with Gasteiger partial charge in [0.05, 0.1) is 16.7 Å². The van der Waals surface area contributed by atoms with E-state index >= 15 is 0 Å². The molecule has 0 bridgehead atoms. The van der Waals surface area contributed by atoms with Crippen LogP contribution in [-0.4, -0.2) is 11.7 Å². The first kappa shape index (κ1) is 24.2. The molecule has 0 aliphatic heterocycles. The molecular weight excluding hydrogens is 429 g/mol. The van der Waals surface area contributed by atoms with Crippen LogP contribution in [0.4, 0.5) is 26.3 Å². The Balaban J connectivity index is 2.70. The highest BCUT2D eigenvalue weighted by molar-refractivity contribution is 7.87. The van der Waals surface area contributed by atoms with E-state index in [-0.39, 0.29) is 17.9 Å². The summed E-state index contributed by atoms with van der Waals surface area (Å²) in [7, 11) is -4.26. The molecule has 1 atom stereocenters. The number of halogens is 6. The van der Waals surface area contributed by atoms with Gasteiger partial charge in [-0.05, 0) is 18.6 Å². The summed E-state index contributed by atoms with van der Waals surface area (Å²) < 4.78 is 94.8. The van der Waals surface area contributed by atoms with Gasteiger partial charge in [0.15, 0.2) is 7.14 Å². The predicted octanol–water partition coefficient (Wildman–Crippen LogP) is 7.13. The largest absolute Gasteiger partial charge is 0.417 e. The van der Waals surface area contributed by atoms with E-state index in [4.69, 9.17) is 0 Å². The van der Waals surface area contributed by atoms with Crippen LogP contribution >= 0.6 is 7.14 Å². The molecule has 0 fully saturated rings. The molecule has 0 saturated heterocycles. The van der Waals surface area contributed by atoms with Crippen molar-refractivity contribution in [3.63, 3.8) is 0 Å². The van der Waals surface area contributed by atoms with Crippen molar-refractivity contribution in [2.75, 3.05) is 6.16 Å². The Morgan fingerprint density at radius 1 is 0.800 bits per heavy atom. The summed E-state index contributed by atoms with van der Waals surface area (Å²) in [6, 6.07) is 8.48. The van der Waals surface area contributed by atoms with Gasteiger partial charge in [-0.1, -0.05) is 62.6 Å². The van der Waals surface area contributed by atoms with Crippen LogP contribution in [0, 0.1) is 0 Å². The van der Waals surface area contributed by atoms with E-state index < -0.39 is 41.7 Å². The highest BCUT2D eigenvalue weighted by Crippen LogP contribution is 2.52. The first-order valence-electron chi connectivity index (χ1n) is 9.40. The van der Waals surface area contributed by atoms with Crippen molar-refractivity contribution in [3.8, 4) is 0 Å². The van der Waals surface area contributed by atoms with Gasteiger partial charge in [-0.2, -0.15) is 26.3 Å². The van der Waals surface area contributed by atoms with E-state index in [1.54, 1.807) is 6.07 Å². The maximum Gasteiger partial charge on any atom is 0.417 e. The lowest BCUT2D eigenvalue weighted by Gasteiger charge is -2.23. The van der Waals surface area contributed by atoms with Crippen LogP contribution in [0.3, 0.4) is 0 Å². The third-order valence-electron chi connectivity index (χ3n) is 4.72. The van der Waals surface area contributed by atoms with Gasteiger partial charge in [0.2, 0.25) is 5.52 Å². The molecule has 1 unspecified atom stereocenters. The lowest BCUT2D eigenvalue weighted by atomic mass is 10.0. The quantitative estimate of drug-likeness (QED) is 0.244. The molecule has 0 heterocycles. The van der Waals surface area contributed by atoms with E-state index in [0.29, 0.717) is 24.6 Å². The predicted molar refractivity (Wildman–Crippen MR) is 103 cm³/mol. The molecule has 0 spiro atoms. The molecule has 0 radical (unpaired) electrons. The lowest BCUT2D eigenvalue weighted by molar-refractivity contribution is -0.143. The number of rotatable bonds is 8. The number of hydrogen-bond acceptors (Lipinski definition) is 2. The highest BCUT2D eigenvalue weighted by Gasteiger charge is 2.47. The third-order valence-corrected chi connectivity index (χ3v) is 7.68. The van der Waals surface area contributed by atoms with Crippen molar-refractivity contribution in [2.45, 2.75) is 45.0 Å². The number of alkyl halides is 6. The molecule has 2 rings (SSSR count). The Labute approximate surface area is 170 Å². The Bertz CT molecular complexity index is 887. The second-order valence-corrected chi connectivity index (χ2v) is 9.74. The Morgan fingerprint density at radius 2 is 1.33 bits per heavy atom. The fraction of sp³-hybridized carbons (Fsp3) is 0.381. The van der Waals surface area contributed by atoms with E-state index in [9.17, 15) is 35.7 Å². The number of hydrogen-bond donors (Lipinski definition) is 0.